The Balaban J connectivity index is 3.95. The molecule has 0 spiro atoms. The summed E-state index contributed by atoms with van der Waals surface area (Å²) in [7, 11) is 0. The zero-order valence-corrected chi connectivity index (χ0v) is 8.05. The van der Waals surface area contributed by atoms with Crippen molar-refractivity contribution >= 4 is 11.9 Å². The van der Waals surface area contributed by atoms with Gasteiger partial charge in [-0.3, -0.25) is 4.79 Å². The average molecular weight is 185 g/mol. The summed E-state index contributed by atoms with van der Waals surface area (Å²) in [5, 5.41) is 2.53. The van der Waals surface area contributed by atoms with E-state index in [1.54, 1.807) is 6.92 Å². The minimum atomic E-state index is -0.656. The topological polar surface area (TPSA) is 55.4 Å². The van der Waals surface area contributed by atoms with Crippen molar-refractivity contribution < 1.29 is 14.3 Å². The molecule has 4 heteroatoms. The molecule has 0 saturated carbocycles. The number of carbonyl (C=O) groups excluding carboxylic acids is 2. The molecular weight excluding hydrogens is 170 g/mol. The van der Waals surface area contributed by atoms with Gasteiger partial charge in [0.05, 0.1) is 6.61 Å². The standard InChI is InChI=1S/C9H15NO3/c1-4-6-10-8(11)7(3)9(12)13-5-2/h3-6H2,1-2H3,(H,10,11). The van der Waals surface area contributed by atoms with E-state index in [2.05, 4.69) is 16.6 Å². The van der Waals surface area contributed by atoms with E-state index in [1.165, 1.54) is 0 Å². The Labute approximate surface area is 78.0 Å². The van der Waals surface area contributed by atoms with Gasteiger partial charge in [-0.25, -0.2) is 4.79 Å². The van der Waals surface area contributed by atoms with Crippen LogP contribution < -0.4 is 5.32 Å². The maximum Gasteiger partial charge on any atom is 0.343 e. The molecule has 0 aromatic carbocycles. The van der Waals surface area contributed by atoms with Crippen molar-refractivity contribution in [2.45, 2.75) is 20.3 Å². The summed E-state index contributed by atoms with van der Waals surface area (Å²) in [6.07, 6.45) is 0.821. The molecular formula is C9H15NO3. The first-order valence-electron chi connectivity index (χ1n) is 4.27. The maximum atomic E-state index is 11.1. The summed E-state index contributed by atoms with van der Waals surface area (Å²) >= 11 is 0. The highest BCUT2D eigenvalue weighted by Gasteiger charge is 2.15. The van der Waals surface area contributed by atoms with Crippen molar-refractivity contribution in [3.8, 4) is 0 Å². The molecule has 0 aliphatic heterocycles. The van der Waals surface area contributed by atoms with Crippen LogP contribution in [0.15, 0.2) is 12.2 Å². The first kappa shape index (κ1) is 11.7. The summed E-state index contributed by atoms with van der Waals surface area (Å²) in [5.41, 5.74) is -0.143. The zero-order chi connectivity index (χ0) is 10.3. The van der Waals surface area contributed by atoms with Crippen molar-refractivity contribution in [2.75, 3.05) is 13.2 Å². The zero-order valence-electron chi connectivity index (χ0n) is 8.05. The maximum absolute atomic E-state index is 11.1. The molecule has 0 rings (SSSR count). The van der Waals surface area contributed by atoms with Gasteiger partial charge in [0, 0.05) is 6.54 Å². The monoisotopic (exact) mass is 185 g/mol. The van der Waals surface area contributed by atoms with Gasteiger partial charge in [0.15, 0.2) is 0 Å². The van der Waals surface area contributed by atoms with Gasteiger partial charge in [-0.05, 0) is 13.3 Å². The van der Waals surface area contributed by atoms with Gasteiger partial charge in [0.1, 0.15) is 5.57 Å². The Bertz CT molecular complexity index is 211. The third-order valence-electron chi connectivity index (χ3n) is 1.33. The van der Waals surface area contributed by atoms with Gasteiger partial charge in [0.2, 0.25) is 0 Å². The van der Waals surface area contributed by atoms with Crippen LogP contribution in [0.25, 0.3) is 0 Å². The second-order valence-electron chi connectivity index (χ2n) is 2.45. The van der Waals surface area contributed by atoms with Crippen LogP contribution in [-0.2, 0) is 14.3 Å². The van der Waals surface area contributed by atoms with E-state index in [0.29, 0.717) is 6.54 Å². The molecule has 74 valence electrons. The van der Waals surface area contributed by atoms with Gasteiger partial charge >= 0.3 is 5.97 Å². The lowest BCUT2D eigenvalue weighted by Gasteiger charge is -2.05. The SMILES string of the molecule is C=C(C(=O)NCCC)C(=O)OCC. The van der Waals surface area contributed by atoms with Gasteiger partial charge in [-0.15, -0.1) is 0 Å². The van der Waals surface area contributed by atoms with Gasteiger partial charge in [-0.1, -0.05) is 13.5 Å². The van der Waals surface area contributed by atoms with Crippen LogP contribution in [0, 0.1) is 0 Å². The molecule has 1 amide bonds. The molecule has 0 aliphatic carbocycles. The fraction of sp³-hybridized carbons (Fsp3) is 0.556. The van der Waals surface area contributed by atoms with E-state index >= 15 is 0 Å². The lowest BCUT2D eigenvalue weighted by molar-refractivity contribution is -0.140. The predicted molar refractivity (Wildman–Crippen MR) is 49.1 cm³/mol. The molecule has 0 aliphatic rings. The number of esters is 1. The summed E-state index contributed by atoms with van der Waals surface area (Å²) < 4.78 is 4.61. The van der Waals surface area contributed by atoms with E-state index in [1.807, 2.05) is 6.92 Å². The molecule has 0 aromatic heterocycles. The number of ether oxygens (including phenoxy) is 1. The van der Waals surface area contributed by atoms with Crippen molar-refractivity contribution in [3.05, 3.63) is 12.2 Å². The molecule has 0 unspecified atom stereocenters. The Hall–Kier alpha value is -1.32. The first-order chi connectivity index (χ1) is 6.13. The molecule has 4 nitrogen and oxygen atoms in total. The van der Waals surface area contributed by atoms with Gasteiger partial charge in [-0.2, -0.15) is 0 Å². The number of hydrogen-bond donors (Lipinski definition) is 1. The number of hydrogen-bond acceptors (Lipinski definition) is 3. The third-order valence-corrected chi connectivity index (χ3v) is 1.33. The molecule has 0 fully saturated rings. The third kappa shape index (κ3) is 4.30. The molecule has 0 saturated heterocycles. The lowest BCUT2D eigenvalue weighted by Crippen LogP contribution is -2.29. The molecule has 0 radical (unpaired) electrons. The average Bonchev–Trinajstić information content (AvgIpc) is 2.13. The fourth-order valence-electron chi connectivity index (χ4n) is 0.656. The van der Waals surface area contributed by atoms with Crippen LogP contribution in [-0.4, -0.2) is 25.0 Å². The van der Waals surface area contributed by atoms with Crippen LogP contribution in [0.3, 0.4) is 0 Å². The van der Waals surface area contributed by atoms with E-state index in [-0.39, 0.29) is 12.2 Å². The van der Waals surface area contributed by atoms with Crippen molar-refractivity contribution in [1.29, 1.82) is 0 Å². The van der Waals surface area contributed by atoms with Gasteiger partial charge < -0.3 is 10.1 Å². The summed E-state index contributed by atoms with van der Waals surface area (Å²) in [4.78, 5) is 22.1. The Morgan fingerprint density at radius 3 is 2.46 bits per heavy atom. The van der Waals surface area contributed by atoms with E-state index in [0.717, 1.165) is 6.42 Å². The van der Waals surface area contributed by atoms with Crippen molar-refractivity contribution in [3.63, 3.8) is 0 Å². The second kappa shape index (κ2) is 6.22. The highest BCUT2D eigenvalue weighted by atomic mass is 16.5. The van der Waals surface area contributed by atoms with Crippen LogP contribution in [0.2, 0.25) is 0 Å². The van der Waals surface area contributed by atoms with Crippen LogP contribution in [0.1, 0.15) is 20.3 Å². The summed E-state index contributed by atoms with van der Waals surface area (Å²) in [6, 6.07) is 0. The molecule has 0 bridgehead atoms. The van der Waals surface area contributed by atoms with E-state index < -0.39 is 11.9 Å². The Kier molecular flexibility index (Phi) is 5.59. The number of amides is 1. The molecule has 0 heterocycles. The summed E-state index contributed by atoms with van der Waals surface area (Å²) in [6.45, 7) is 7.73. The largest absolute Gasteiger partial charge is 0.462 e. The molecule has 0 atom stereocenters. The van der Waals surface area contributed by atoms with E-state index in [4.69, 9.17) is 0 Å². The lowest BCUT2D eigenvalue weighted by atomic mass is 10.3. The minimum Gasteiger partial charge on any atom is -0.462 e. The smallest absolute Gasteiger partial charge is 0.343 e. The van der Waals surface area contributed by atoms with E-state index in [9.17, 15) is 9.59 Å². The number of carbonyl (C=O) groups is 2. The Morgan fingerprint density at radius 2 is 2.00 bits per heavy atom. The Morgan fingerprint density at radius 1 is 1.38 bits per heavy atom. The normalized spacial score (nSPS) is 9.08. The number of nitrogens with one attached hydrogen (secondary N) is 1. The van der Waals surface area contributed by atoms with Crippen LogP contribution >= 0.6 is 0 Å². The highest BCUT2D eigenvalue weighted by Crippen LogP contribution is 1.94. The molecule has 1 N–H and O–H groups in total. The first-order valence-corrected chi connectivity index (χ1v) is 4.27. The number of rotatable bonds is 5. The van der Waals surface area contributed by atoms with Gasteiger partial charge in [0.25, 0.3) is 5.91 Å². The second-order valence-corrected chi connectivity index (χ2v) is 2.45. The predicted octanol–water partition coefficient (Wildman–Crippen LogP) is 0.632. The van der Waals surface area contributed by atoms with Crippen LogP contribution in [0.4, 0.5) is 0 Å². The van der Waals surface area contributed by atoms with Crippen molar-refractivity contribution in [2.24, 2.45) is 0 Å². The highest BCUT2D eigenvalue weighted by molar-refractivity contribution is 6.15. The quantitative estimate of drug-likeness (QED) is 0.296. The van der Waals surface area contributed by atoms with Crippen molar-refractivity contribution in [1.82, 2.24) is 5.32 Å². The molecule has 13 heavy (non-hydrogen) atoms. The van der Waals surface area contributed by atoms with Crippen LogP contribution in [0.5, 0.6) is 0 Å². The fourth-order valence-corrected chi connectivity index (χ4v) is 0.656. The minimum absolute atomic E-state index is 0.143. The summed E-state index contributed by atoms with van der Waals surface area (Å²) in [5.74, 6) is -1.11. The molecule has 0 aromatic rings.